The maximum atomic E-state index is 11.7. The number of carbonyl (C=O) groups excluding carboxylic acids is 1. The third kappa shape index (κ3) is 3.93. The summed E-state index contributed by atoms with van der Waals surface area (Å²) in [6, 6.07) is 8.65. The lowest BCUT2D eigenvalue weighted by Crippen LogP contribution is -2.20. The quantitative estimate of drug-likeness (QED) is 0.941. The molecule has 0 aliphatic rings. The Morgan fingerprint density at radius 1 is 1.30 bits per heavy atom. The zero-order chi connectivity index (χ0) is 14.5. The van der Waals surface area contributed by atoms with Gasteiger partial charge in [-0.15, -0.1) is 5.10 Å². The van der Waals surface area contributed by atoms with Crippen molar-refractivity contribution in [3.05, 3.63) is 46.6 Å². The molecule has 0 saturated carbocycles. The molecular weight excluding hydrogens is 278 g/mol. The molecule has 1 N–H and O–H groups in total. The lowest BCUT2D eigenvalue weighted by molar-refractivity contribution is -0.118. The Bertz CT molecular complexity index is 632. The molecule has 0 atom stereocenters. The standard InChI is InChI=1S/C14H14ClN3O2/c1-9-6-14(18-17-10(9)2)20-8-13(19)16-12-5-3-4-11(15)7-12/h3-7H,8H2,1-2H3,(H,16,19). The first-order valence-corrected chi connectivity index (χ1v) is 6.41. The molecule has 2 aromatic rings. The summed E-state index contributed by atoms with van der Waals surface area (Å²) in [6.07, 6.45) is 0. The molecule has 0 aliphatic heterocycles. The molecule has 0 saturated heterocycles. The number of benzene rings is 1. The largest absolute Gasteiger partial charge is 0.466 e. The summed E-state index contributed by atoms with van der Waals surface area (Å²) in [5.41, 5.74) is 2.42. The Labute approximate surface area is 121 Å². The highest BCUT2D eigenvalue weighted by molar-refractivity contribution is 6.30. The van der Waals surface area contributed by atoms with Crippen molar-refractivity contribution in [1.82, 2.24) is 10.2 Å². The van der Waals surface area contributed by atoms with E-state index >= 15 is 0 Å². The Kier molecular flexibility index (Phi) is 4.53. The van der Waals surface area contributed by atoms with Crippen molar-refractivity contribution >= 4 is 23.2 Å². The number of aromatic nitrogens is 2. The molecule has 1 amide bonds. The molecule has 0 aliphatic carbocycles. The highest BCUT2D eigenvalue weighted by Crippen LogP contribution is 2.15. The number of aryl methyl sites for hydroxylation is 2. The van der Waals surface area contributed by atoms with Gasteiger partial charge >= 0.3 is 0 Å². The second-order valence-corrected chi connectivity index (χ2v) is 4.73. The van der Waals surface area contributed by atoms with E-state index in [0.29, 0.717) is 16.6 Å². The molecule has 20 heavy (non-hydrogen) atoms. The molecule has 0 bridgehead atoms. The molecule has 2 rings (SSSR count). The minimum Gasteiger partial charge on any atom is -0.466 e. The zero-order valence-electron chi connectivity index (χ0n) is 11.2. The average molecular weight is 292 g/mol. The van der Waals surface area contributed by atoms with Crippen LogP contribution in [0.3, 0.4) is 0 Å². The van der Waals surface area contributed by atoms with Crippen LogP contribution in [-0.4, -0.2) is 22.7 Å². The van der Waals surface area contributed by atoms with Gasteiger partial charge in [-0.2, -0.15) is 5.10 Å². The van der Waals surface area contributed by atoms with Crippen molar-refractivity contribution in [2.45, 2.75) is 13.8 Å². The van der Waals surface area contributed by atoms with E-state index in [2.05, 4.69) is 15.5 Å². The van der Waals surface area contributed by atoms with Crippen LogP contribution >= 0.6 is 11.6 Å². The number of nitrogens with one attached hydrogen (secondary N) is 1. The van der Waals surface area contributed by atoms with Gasteiger partial charge in [-0.05, 0) is 37.6 Å². The number of ether oxygens (including phenoxy) is 1. The van der Waals surface area contributed by atoms with Gasteiger partial charge in [-0.25, -0.2) is 0 Å². The molecule has 0 fully saturated rings. The average Bonchev–Trinajstić information content (AvgIpc) is 2.40. The summed E-state index contributed by atoms with van der Waals surface area (Å²) in [5.74, 6) is 0.0432. The third-order valence-electron chi connectivity index (χ3n) is 2.67. The third-order valence-corrected chi connectivity index (χ3v) is 2.90. The van der Waals surface area contributed by atoms with E-state index in [4.69, 9.17) is 16.3 Å². The number of amides is 1. The second-order valence-electron chi connectivity index (χ2n) is 4.30. The van der Waals surface area contributed by atoms with Gasteiger partial charge in [-0.3, -0.25) is 4.79 Å². The van der Waals surface area contributed by atoms with Crippen molar-refractivity contribution in [2.75, 3.05) is 11.9 Å². The summed E-state index contributed by atoms with van der Waals surface area (Å²) >= 11 is 5.83. The summed E-state index contributed by atoms with van der Waals surface area (Å²) in [5, 5.41) is 11.0. The zero-order valence-corrected chi connectivity index (χ0v) is 11.9. The van der Waals surface area contributed by atoms with Gasteiger partial charge in [0.15, 0.2) is 6.61 Å². The maximum Gasteiger partial charge on any atom is 0.262 e. The molecule has 1 heterocycles. The highest BCUT2D eigenvalue weighted by atomic mass is 35.5. The molecule has 1 aromatic heterocycles. The topological polar surface area (TPSA) is 64.1 Å². The normalized spacial score (nSPS) is 10.2. The number of hydrogen-bond acceptors (Lipinski definition) is 4. The van der Waals surface area contributed by atoms with E-state index < -0.39 is 0 Å². The Hall–Kier alpha value is -2.14. The maximum absolute atomic E-state index is 11.7. The minimum absolute atomic E-state index is 0.135. The monoisotopic (exact) mass is 291 g/mol. The van der Waals surface area contributed by atoms with Crippen LogP contribution in [0.25, 0.3) is 0 Å². The Morgan fingerprint density at radius 3 is 2.80 bits per heavy atom. The van der Waals surface area contributed by atoms with Gasteiger partial charge in [0.25, 0.3) is 5.91 Å². The summed E-state index contributed by atoms with van der Waals surface area (Å²) in [6.45, 7) is 3.63. The minimum atomic E-state index is -0.285. The smallest absolute Gasteiger partial charge is 0.262 e. The molecule has 5 nitrogen and oxygen atoms in total. The molecule has 0 unspecified atom stereocenters. The van der Waals surface area contributed by atoms with Gasteiger partial charge in [0, 0.05) is 16.8 Å². The van der Waals surface area contributed by atoms with E-state index in [1.54, 1.807) is 30.3 Å². The van der Waals surface area contributed by atoms with Gasteiger partial charge in [0.2, 0.25) is 5.88 Å². The number of rotatable bonds is 4. The molecule has 1 aromatic carbocycles. The number of nitrogens with zero attached hydrogens (tertiary/aromatic N) is 2. The van der Waals surface area contributed by atoms with E-state index in [-0.39, 0.29) is 12.5 Å². The van der Waals surface area contributed by atoms with Gasteiger partial charge in [-0.1, -0.05) is 17.7 Å². The predicted octanol–water partition coefficient (Wildman–Crippen LogP) is 2.76. The fraction of sp³-hybridized carbons (Fsp3) is 0.214. The molecule has 6 heteroatoms. The molecule has 0 radical (unpaired) electrons. The van der Waals surface area contributed by atoms with Crippen LogP contribution in [0.15, 0.2) is 30.3 Å². The van der Waals surface area contributed by atoms with Crippen LogP contribution in [0, 0.1) is 13.8 Å². The van der Waals surface area contributed by atoms with E-state index in [9.17, 15) is 4.79 Å². The summed E-state index contributed by atoms with van der Waals surface area (Å²) < 4.78 is 5.29. The fourth-order valence-electron chi connectivity index (χ4n) is 1.50. The fourth-order valence-corrected chi connectivity index (χ4v) is 1.69. The van der Waals surface area contributed by atoms with Crippen LogP contribution in [0.2, 0.25) is 5.02 Å². The van der Waals surface area contributed by atoms with Gasteiger partial charge in [0.1, 0.15) is 0 Å². The first kappa shape index (κ1) is 14.3. The van der Waals surface area contributed by atoms with Crippen molar-refractivity contribution in [3.63, 3.8) is 0 Å². The summed E-state index contributed by atoms with van der Waals surface area (Å²) in [7, 11) is 0. The summed E-state index contributed by atoms with van der Waals surface area (Å²) in [4.78, 5) is 11.7. The molecule has 104 valence electrons. The second kappa shape index (κ2) is 6.34. The number of carbonyl (C=O) groups is 1. The molecule has 0 spiro atoms. The van der Waals surface area contributed by atoms with Crippen molar-refractivity contribution < 1.29 is 9.53 Å². The Morgan fingerprint density at radius 2 is 2.10 bits per heavy atom. The van der Waals surface area contributed by atoms with Crippen LogP contribution in [0.5, 0.6) is 5.88 Å². The first-order chi connectivity index (χ1) is 9.54. The lowest BCUT2D eigenvalue weighted by atomic mass is 10.2. The van der Waals surface area contributed by atoms with Crippen LogP contribution in [-0.2, 0) is 4.79 Å². The lowest BCUT2D eigenvalue weighted by Gasteiger charge is -2.07. The van der Waals surface area contributed by atoms with Crippen LogP contribution in [0.4, 0.5) is 5.69 Å². The van der Waals surface area contributed by atoms with Crippen LogP contribution in [0.1, 0.15) is 11.3 Å². The van der Waals surface area contributed by atoms with Crippen LogP contribution < -0.4 is 10.1 Å². The van der Waals surface area contributed by atoms with Crippen molar-refractivity contribution in [2.24, 2.45) is 0 Å². The highest BCUT2D eigenvalue weighted by Gasteiger charge is 2.06. The molecular formula is C14H14ClN3O2. The predicted molar refractivity (Wildman–Crippen MR) is 77.1 cm³/mol. The van der Waals surface area contributed by atoms with E-state index in [1.807, 2.05) is 13.8 Å². The number of halogens is 1. The van der Waals surface area contributed by atoms with E-state index in [1.165, 1.54) is 0 Å². The van der Waals surface area contributed by atoms with Crippen molar-refractivity contribution in [1.29, 1.82) is 0 Å². The number of anilines is 1. The SMILES string of the molecule is Cc1cc(OCC(=O)Nc2cccc(Cl)c2)nnc1C. The Balaban J connectivity index is 1.90. The number of hydrogen-bond donors (Lipinski definition) is 1. The van der Waals surface area contributed by atoms with Gasteiger partial charge in [0.05, 0.1) is 5.69 Å². The van der Waals surface area contributed by atoms with Crippen molar-refractivity contribution in [3.8, 4) is 5.88 Å². The first-order valence-electron chi connectivity index (χ1n) is 6.04. The van der Waals surface area contributed by atoms with E-state index in [0.717, 1.165) is 11.3 Å². The van der Waals surface area contributed by atoms with Gasteiger partial charge < -0.3 is 10.1 Å².